The Morgan fingerprint density at radius 3 is 2.58 bits per heavy atom. The Labute approximate surface area is 91.6 Å². The topological polar surface area (TPSA) is 0 Å². The van der Waals surface area contributed by atoms with Gasteiger partial charge in [-0.15, -0.1) is 0 Å². The highest BCUT2D eigenvalue weighted by molar-refractivity contribution is 9.11. The Kier molecular flexibility index (Phi) is 5.68. The van der Waals surface area contributed by atoms with Gasteiger partial charge in [-0.1, -0.05) is 42.0 Å². The van der Waals surface area contributed by atoms with Gasteiger partial charge in [0.15, 0.2) is 22.2 Å². The lowest BCUT2D eigenvalue weighted by atomic mass is 10.2. The lowest BCUT2D eigenvalue weighted by molar-refractivity contribution is 1.43. The van der Waals surface area contributed by atoms with Crippen LogP contribution in [-0.2, 0) is 17.6 Å². The monoisotopic (exact) mass is 251 g/mol. The largest absolute Gasteiger partial charge is 0.328 e. The predicted molar refractivity (Wildman–Crippen MR) is 68.6 cm³/mol. The quantitative estimate of drug-likeness (QED) is 0.482. The van der Waals surface area contributed by atoms with Crippen LogP contribution in [0.25, 0.3) is 0 Å². The minimum atomic E-state index is -0.421. The molecule has 0 amide bonds. The lowest BCUT2D eigenvalue weighted by Gasteiger charge is -1.91. The average molecular weight is 251 g/mol. The predicted octanol–water partition coefficient (Wildman–Crippen LogP) is 4.27. The molecule has 64 valence electrons. The first-order valence-corrected chi connectivity index (χ1v) is 9.70. The molecule has 0 fully saturated rings. The summed E-state index contributed by atoms with van der Waals surface area (Å²) in [7, 11) is 1.48. The van der Waals surface area contributed by atoms with E-state index in [2.05, 4.69) is 35.9 Å². The third-order valence-corrected chi connectivity index (χ3v) is 10.2. The van der Waals surface area contributed by atoms with E-state index in [1.54, 1.807) is 11.4 Å². The maximum absolute atomic E-state index is 5.15. The molecule has 0 aliphatic rings. The standard InChI is InChI=1S/C7H7PS4/c9-8(12-10)11-6-7-4-2-1-3-5-7/h1-5H,6H2/p+1. The second-order valence-corrected chi connectivity index (χ2v) is 11.3. The summed E-state index contributed by atoms with van der Waals surface area (Å²) in [5.74, 6) is 1.00. The van der Waals surface area contributed by atoms with Gasteiger partial charge in [-0.2, -0.15) is 0 Å². The van der Waals surface area contributed by atoms with Gasteiger partial charge < -0.3 is 0 Å². The molecule has 1 aromatic rings. The van der Waals surface area contributed by atoms with Gasteiger partial charge in [0.05, 0.1) is 5.75 Å². The molecule has 0 aliphatic heterocycles. The number of thiol groups is 1. The molecular weight excluding hydrogens is 243 g/mol. The Balaban J connectivity index is 2.38. The first-order valence-electron chi connectivity index (χ1n) is 3.28. The van der Waals surface area contributed by atoms with Crippen molar-refractivity contribution in [3.63, 3.8) is 0 Å². The molecule has 0 N–H and O–H groups in total. The molecule has 5 heteroatoms. The highest BCUT2D eigenvalue weighted by atomic mass is 33.5. The highest BCUT2D eigenvalue weighted by Crippen LogP contribution is 2.53. The molecule has 1 aromatic carbocycles. The molecule has 0 saturated carbocycles. The second kappa shape index (κ2) is 6.28. The molecule has 1 unspecified atom stereocenters. The van der Waals surface area contributed by atoms with Gasteiger partial charge in [0.2, 0.25) is 0 Å². The molecule has 0 aromatic heterocycles. The average Bonchev–Trinajstić information content (AvgIpc) is 2.16. The fourth-order valence-corrected chi connectivity index (χ4v) is 4.77. The van der Waals surface area contributed by atoms with E-state index >= 15 is 0 Å². The minimum absolute atomic E-state index is 0.421. The van der Waals surface area contributed by atoms with Crippen molar-refractivity contribution < 1.29 is 0 Å². The van der Waals surface area contributed by atoms with E-state index in [1.807, 2.05) is 6.07 Å². The molecule has 1 atom stereocenters. The summed E-state index contributed by atoms with van der Waals surface area (Å²) in [6.07, 6.45) is 0. The van der Waals surface area contributed by atoms with Crippen LogP contribution < -0.4 is 0 Å². The van der Waals surface area contributed by atoms with E-state index in [0.717, 1.165) is 5.75 Å². The van der Waals surface area contributed by atoms with Crippen molar-refractivity contribution in [3.05, 3.63) is 35.9 Å². The van der Waals surface area contributed by atoms with Gasteiger partial charge >= 0.3 is 5.10 Å². The second-order valence-electron chi connectivity index (χ2n) is 2.06. The van der Waals surface area contributed by atoms with Crippen molar-refractivity contribution in [2.24, 2.45) is 0 Å². The van der Waals surface area contributed by atoms with Crippen LogP contribution in [0.1, 0.15) is 5.56 Å². The molecule has 0 aliphatic carbocycles. The first-order chi connectivity index (χ1) is 5.83. The van der Waals surface area contributed by atoms with Gasteiger partial charge in [0.25, 0.3) is 0 Å². The van der Waals surface area contributed by atoms with Crippen LogP contribution >= 0.6 is 38.6 Å². The third-order valence-electron chi connectivity index (χ3n) is 1.25. The Hall–Kier alpha value is 0.790. The molecule has 0 heterocycles. The van der Waals surface area contributed by atoms with Gasteiger partial charge in [-0.3, -0.25) is 0 Å². The molecule has 0 saturated heterocycles. The van der Waals surface area contributed by atoms with Crippen LogP contribution in [0.5, 0.6) is 0 Å². The molecule has 0 nitrogen and oxygen atoms in total. The normalized spacial score (nSPS) is 11.2. The molecule has 12 heavy (non-hydrogen) atoms. The summed E-state index contributed by atoms with van der Waals surface area (Å²) in [5, 5.41) is -0.421. The van der Waals surface area contributed by atoms with E-state index in [1.165, 1.54) is 16.0 Å². The maximum atomic E-state index is 5.15. The first kappa shape index (κ1) is 10.9. The van der Waals surface area contributed by atoms with Crippen LogP contribution in [0.3, 0.4) is 0 Å². The van der Waals surface area contributed by atoms with Gasteiger partial charge in [0, 0.05) is 0 Å². The number of hydrogen-bond donors (Lipinski definition) is 1. The van der Waals surface area contributed by atoms with E-state index in [9.17, 15) is 0 Å². The summed E-state index contributed by atoms with van der Waals surface area (Å²) in [6.45, 7) is 0. The minimum Gasteiger partial charge on any atom is -0.0622 e. The van der Waals surface area contributed by atoms with Crippen LogP contribution in [0.15, 0.2) is 30.3 Å². The van der Waals surface area contributed by atoms with Crippen molar-refractivity contribution in [1.82, 2.24) is 0 Å². The zero-order valence-electron chi connectivity index (χ0n) is 6.21. The number of rotatable bonds is 4. The van der Waals surface area contributed by atoms with Gasteiger partial charge in [-0.25, -0.2) is 0 Å². The molecule has 0 radical (unpaired) electrons. The van der Waals surface area contributed by atoms with Gasteiger partial charge in [0.1, 0.15) is 11.4 Å². The Bertz CT molecular complexity index is 249. The van der Waals surface area contributed by atoms with Crippen molar-refractivity contribution >= 4 is 50.4 Å². The van der Waals surface area contributed by atoms with E-state index in [4.69, 9.17) is 11.8 Å². The molecule has 0 spiro atoms. The molecule has 1 rings (SSSR count). The van der Waals surface area contributed by atoms with Crippen LogP contribution in [0.2, 0.25) is 0 Å². The van der Waals surface area contributed by atoms with Crippen LogP contribution in [0.4, 0.5) is 0 Å². The van der Waals surface area contributed by atoms with E-state index in [0.29, 0.717) is 0 Å². The zero-order chi connectivity index (χ0) is 8.81. The SMILES string of the molecule is S=[P+](SS)SCc1ccccc1. The van der Waals surface area contributed by atoms with E-state index in [-0.39, 0.29) is 0 Å². The van der Waals surface area contributed by atoms with Crippen molar-refractivity contribution in [3.8, 4) is 0 Å². The third kappa shape index (κ3) is 4.15. The van der Waals surface area contributed by atoms with Crippen molar-refractivity contribution in [2.75, 3.05) is 0 Å². The summed E-state index contributed by atoms with van der Waals surface area (Å²) >= 11 is 11.0. The van der Waals surface area contributed by atoms with Crippen LogP contribution in [0, 0.1) is 0 Å². The fourth-order valence-electron chi connectivity index (χ4n) is 0.725. The zero-order valence-corrected chi connectivity index (χ0v) is 10.5. The summed E-state index contributed by atoms with van der Waals surface area (Å²) < 4.78 is 0. The van der Waals surface area contributed by atoms with E-state index < -0.39 is 5.10 Å². The van der Waals surface area contributed by atoms with Crippen LogP contribution in [-0.4, -0.2) is 0 Å². The summed E-state index contributed by atoms with van der Waals surface area (Å²) in [6, 6.07) is 10.4. The molecule has 0 bridgehead atoms. The number of benzene rings is 1. The van der Waals surface area contributed by atoms with Gasteiger partial charge in [-0.05, 0) is 5.56 Å². The Morgan fingerprint density at radius 1 is 1.33 bits per heavy atom. The summed E-state index contributed by atoms with van der Waals surface area (Å²) in [5.41, 5.74) is 1.34. The van der Waals surface area contributed by atoms with Crippen molar-refractivity contribution in [1.29, 1.82) is 0 Å². The maximum Gasteiger partial charge on any atom is 0.328 e. The Morgan fingerprint density at radius 2 is 2.00 bits per heavy atom. The lowest BCUT2D eigenvalue weighted by Crippen LogP contribution is -1.74. The summed E-state index contributed by atoms with van der Waals surface area (Å²) in [4.78, 5) is 0. The van der Waals surface area contributed by atoms with Crippen molar-refractivity contribution in [2.45, 2.75) is 5.75 Å². The number of hydrogen-bond acceptors (Lipinski definition) is 4. The smallest absolute Gasteiger partial charge is 0.0622 e. The molecular formula is C7H8PS4+. The fraction of sp³-hybridized carbons (Fsp3) is 0.143. The highest BCUT2D eigenvalue weighted by Gasteiger charge is 2.10.